The molecule has 0 bridgehead atoms. The van der Waals surface area contributed by atoms with E-state index in [1.54, 1.807) is 11.0 Å². The average Bonchev–Trinajstić information content (AvgIpc) is 2.34. The first-order chi connectivity index (χ1) is 8.16. The SMILES string of the molecule is Nc1cc(O)ccc1NC(=O)N1CCOCC1. The highest BCUT2D eigenvalue weighted by Crippen LogP contribution is 2.23. The first-order valence-corrected chi connectivity index (χ1v) is 5.39. The van der Waals surface area contributed by atoms with Crippen LogP contribution in [0.1, 0.15) is 0 Å². The van der Waals surface area contributed by atoms with Gasteiger partial charge in [0.15, 0.2) is 0 Å². The van der Waals surface area contributed by atoms with Crippen LogP contribution in [0.2, 0.25) is 0 Å². The number of hydrogen-bond donors (Lipinski definition) is 3. The zero-order chi connectivity index (χ0) is 12.3. The Bertz CT molecular complexity index is 416. The summed E-state index contributed by atoms with van der Waals surface area (Å²) in [7, 11) is 0. The molecule has 1 heterocycles. The monoisotopic (exact) mass is 237 g/mol. The molecule has 1 saturated heterocycles. The van der Waals surface area contributed by atoms with Crippen LogP contribution in [0.4, 0.5) is 16.2 Å². The van der Waals surface area contributed by atoms with Crippen LogP contribution < -0.4 is 11.1 Å². The van der Waals surface area contributed by atoms with Crippen molar-refractivity contribution in [3.63, 3.8) is 0 Å². The van der Waals surface area contributed by atoms with Gasteiger partial charge in [0.1, 0.15) is 5.75 Å². The van der Waals surface area contributed by atoms with Crippen molar-refractivity contribution in [2.24, 2.45) is 0 Å². The van der Waals surface area contributed by atoms with E-state index in [1.807, 2.05) is 0 Å². The molecule has 1 aliphatic heterocycles. The molecule has 17 heavy (non-hydrogen) atoms. The number of anilines is 2. The number of amides is 2. The van der Waals surface area contributed by atoms with E-state index in [4.69, 9.17) is 10.5 Å². The number of ether oxygens (including phenoxy) is 1. The van der Waals surface area contributed by atoms with Gasteiger partial charge in [-0.1, -0.05) is 0 Å². The maximum Gasteiger partial charge on any atom is 0.322 e. The van der Waals surface area contributed by atoms with Gasteiger partial charge >= 0.3 is 6.03 Å². The second kappa shape index (κ2) is 4.92. The van der Waals surface area contributed by atoms with Crippen LogP contribution in [-0.4, -0.2) is 42.3 Å². The predicted molar refractivity (Wildman–Crippen MR) is 63.9 cm³/mol. The van der Waals surface area contributed by atoms with Gasteiger partial charge in [0, 0.05) is 19.2 Å². The third kappa shape index (κ3) is 2.79. The number of nitrogens with one attached hydrogen (secondary N) is 1. The minimum absolute atomic E-state index is 0.0758. The first kappa shape index (κ1) is 11.5. The number of phenolic OH excluding ortho intramolecular Hbond substituents is 1. The van der Waals surface area contributed by atoms with Gasteiger partial charge in [-0.15, -0.1) is 0 Å². The number of carbonyl (C=O) groups is 1. The Kier molecular flexibility index (Phi) is 3.34. The van der Waals surface area contributed by atoms with E-state index in [-0.39, 0.29) is 11.8 Å². The Morgan fingerprint density at radius 2 is 2.12 bits per heavy atom. The van der Waals surface area contributed by atoms with Crippen molar-refractivity contribution in [3.8, 4) is 5.75 Å². The lowest BCUT2D eigenvalue weighted by molar-refractivity contribution is 0.0564. The number of aromatic hydroxyl groups is 1. The number of nitrogen functional groups attached to an aromatic ring is 1. The minimum atomic E-state index is -0.203. The summed E-state index contributed by atoms with van der Waals surface area (Å²) in [5, 5.41) is 11.9. The van der Waals surface area contributed by atoms with Crippen LogP contribution >= 0.6 is 0 Å². The Labute approximate surface area is 99.0 Å². The highest BCUT2D eigenvalue weighted by Gasteiger charge is 2.17. The van der Waals surface area contributed by atoms with E-state index in [1.165, 1.54) is 12.1 Å². The van der Waals surface area contributed by atoms with Crippen molar-refractivity contribution in [2.75, 3.05) is 37.4 Å². The molecule has 2 amide bonds. The van der Waals surface area contributed by atoms with Crippen LogP contribution in [0, 0.1) is 0 Å². The zero-order valence-electron chi connectivity index (χ0n) is 9.35. The van der Waals surface area contributed by atoms with Gasteiger partial charge in [0.05, 0.1) is 24.6 Å². The van der Waals surface area contributed by atoms with Crippen molar-refractivity contribution in [2.45, 2.75) is 0 Å². The summed E-state index contributed by atoms with van der Waals surface area (Å²) < 4.78 is 5.16. The second-order valence-electron chi connectivity index (χ2n) is 3.80. The third-order valence-corrected chi connectivity index (χ3v) is 2.58. The number of morpholine rings is 1. The molecule has 0 radical (unpaired) electrons. The number of urea groups is 1. The summed E-state index contributed by atoms with van der Waals surface area (Å²) in [6.07, 6.45) is 0. The largest absolute Gasteiger partial charge is 0.508 e. The maximum absolute atomic E-state index is 11.8. The Hall–Kier alpha value is -1.95. The smallest absolute Gasteiger partial charge is 0.322 e. The number of nitrogens with zero attached hydrogens (tertiary/aromatic N) is 1. The van der Waals surface area contributed by atoms with Crippen LogP contribution in [0.5, 0.6) is 5.75 Å². The summed E-state index contributed by atoms with van der Waals surface area (Å²) in [5.74, 6) is 0.0758. The zero-order valence-corrected chi connectivity index (χ0v) is 9.35. The predicted octanol–water partition coefficient (Wildman–Crippen LogP) is 0.839. The molecule has 0 aliphatic carbocycles. The fourth-order valence-electron chi connectivity index (χ4n) is 1.62. The second-order valence-corrected chi connectivity index (χ2v) is 3.80. The molecular weight excluding hydrogens is 222 g/mol. The molecule has 2 rings (SSSR count). The van der Waals surface area contributed by atoms with Crippen molar-refractivity contribution in [1.29, 1.82) is 0 Å². The van der Waals surface area contributed by atoms with Gasteiger partial charge in [-0.3, -0.25) is 0 Å². The third-order valence-electron chi connectivity index (χ3n) is 2.58. The molecule has 0 aromatic heterocycles. The Morgan fingerprint density at radius 1 is 1.41 bits per heavy atom. The molecule has 0 atom stereocenters. The molecule has 0 saturated carbocycles. The number of rotatable bonds is 1. The average molecular weight is 237 g/mol. The molecule has 1 aromatic rings. The molecule has 0 spiro atoms. The van der Waals surface area contributed by atoms with Crippen LogP contribution in [0.25, 0.3) is 0 Å². The normalized spacial score (nSPS) is 15.6. The molecule has 1 aliphatic rings. The number of benzene rings is 1. The van der Waals surface area contributed by atoms with Crippen molar-refractivity contribution in [3.05, 3.63) is 18.2 Å². The van der Waals surface area contributed by atoms with Crippen molar-refractivity contribution < 1.29 is 14.6 Å². The molecule has 6 nitrogen and oxygen atoms in total. The number of nitrogens with two attached hydrogens (primary N) is 1. The van der Waals surface area contributed by atoms with E-state index in [0.717, 1.165) is 0 Å². The van der Waals surface area contributed by atoms with Crippen LogP contribution in [0.15, 0.2) is 18.2 Å². The van der Waals surface area contributed by atoms with Gasteiger partial charge < -0.3 is 25.8 Å². The summed E-state index contributed by atoms with van der Waals surface area (Å²) >= 11 is 0. The fraction of sp³-hybridized carbons (Fsp3) is 0.364. The summed E-state index contributed by atoms with van der Waals surface area (Å²) in [6.45, 7) is 2.25. The van der Waals surface area contributed by atoms with Crippen molar-refractivity contribution >= 4 is 17.4 Å². The molecule has 1 aromatic carbocycles. The molecule has 92 valence electrons. The standard InChI is InChI=1S/C11H15N3O3/c12-9-7-8(15)1-2-10(9)13-11(16)14-3-5-17-6-4-14/h1-2,7,15H,3-6,12H2,(H,13,16). The van der Waals surface area contributed by atoms with E-state index < -0.39 is 0 Å². The van der Waals surface area contributed by atoms with E-state index in [9.17, 15) is 9.90 Å². The minimum Gasteiger partial charge on any atom is -0.508 e. The maximum atomic E-state index is 11.8. The van der Waals surface area contributed by atoms with Gasteiger partial charge in [-0.25, -0.2) is 4.79 Å². The number of hydrogen-bond acceptors (Lipinski definition) is 4. The van der Waals surface area contributed by atoms with Gasteiger partial charge in [0.25, 0.3) is 0 Å². The van der Waals surface area contributed by atoms with Gasteiger partial charge in [-0.05, 0) is 12.1 Å². The topological polar surface area (TPSA) is 87.8 Å². The fourth-order valence-corrected chi connectivity index (χ4v) is 1.62. The van der Waals surface area contributed by atoms with Crippen LogP contribution in [-0.2, 0) is 4.74 Å². The summed E-state index contributed by atoms with van der Waals surface area (Å²) in [4.78, 5) is 13.5. The van der Waals surface area contributed by atoms with Crippen molar-refractivity contribution in [1.82, 2.24) is 4.90 Å². The Morgan fingerprint density at radius 3 is 2.76 bits per heavy atom. The lowest BCUT2D eigenvalue weighted by Gasteiger charge is -2.27. The first-order valence-electron chi connectivity index (χ1n) is 5.39. The molecular formula is C11H15N3O3. The van der Waals surface area contributed by atoms with E-state index in [2.05, 4.69) is 5.32 Å². The lowest BCUT2D eigenvalue weighted by Crippen LogP contribution is -2.43. The molecule has 0 unspecified atom stereocenters. The quantitative estimate of drug-likeness (QED) is 0.499. The lowest BCUT2D eigenvalue weighted by atomic mass is 10.2. The molecule has 6 heteroatoms. The molecule has 4 N–H and O–H groups in total. The number of phenols is 1. The van der Waals surface area contributed by atoms with Crippen LogP contribution in [0.3, 0.4) is 0 Å². The van der Waals surface area contributed by atoms with E-state index in [0.29, 0.717) is 37.7 Å². The number of carbonyl (C=O) groups excluding carboxylic acids is 1. The summed E-state index contributed by atoms with van der Waals surface area (Å²) in [5.41, 5.74) is 6.52. The Balaban J connectivity index is 2.02. The highest BCUT2D eigenvalue weighted by atomic mass is 16.5. The summed E-state index contributed by atoms with van der Waals surface area (Å²) in [6, 6.07) is 4.24. The molecule has 1 fully saturated rings. The van der Waals surface area contributed by atoms with Gasteiger partial charge in [0.2, 0.25) is 0 Å². The van der Waals surface area contributed by atoms with E-state index >= 15 is 0 Å². The van der Waals surface area contributed by atoms with Gasteiger partial charge in [-0.2, -0.15) is 0 Å². The highest BCUT2D eigenvalue weighted by molar-refractivity contribution is 5.92.